The Labute approximate surface area is 87.2 Å². The largest absolute Gasteiger partial charge is 0.384 e. The van der Waals surface area contributed by atoms with Crippen LogP contribution in [0.1, 0.15) is 23.5 Å². The third-order valence-electron chi connectivity index (χ3n) is 2.68. The summed E-state index contributed by atoms with van der Waals surface area (Å²) in [7, 11) is 1.77. The summed E-state index contributed by atoms with van der Waals surface area (Å²) >= 11 is 3.50. The highest BCUT2D eigenvalue weighted by atomic mass is 79.9. The monoisotopic (exact) mass is 240 g/mol. The minimum Gasteiger partial charge on any atom is -0.384 e. The second kappa shape index (κ2) is 3.81. The first-order chi connectivity index (χ1) is 6.31. The molecule has 1 aromatic carbocycles. The minimum atomic E-state index is 0.609. The van der Waals surface area contributed by atoms with Gasteiger partial charge in [0, 0.05) is 17.5 Å². The lowest BCUT2D eigenvalue weighted by molar-refractivity contribution is 0.179. The van der Waals surface area contributed by atoms with Crippen LogP contribution in [0.25, 0.3) is 0 Å². The molecule has 70 valence electrons. The highest BCUT2D eigenvalue weighted by molar-refractivity contribution is 9.10. The molecule has 0 aliphatic heterocycles. The van der Waals surface area contributed by atoms with Gasteiger partial charge in [0.15, 0.2) is 0 Å². The molecule has 0 bridgehead atoms. The van der Waals surface area contributed by atoms with Crippen LogP contribution in [0, 0.1) is 0 Å². The molecule has 0 spiro atoms. The maximum atomic E-state index is 5.21. The molecular weight excluding hydrogens is 228 g/mol. The second-order valence-corrected chi connectivity index (χ2v) is 4.45. The number of benzene rings is 1. The smallest absolute Gasteiger partial charge is 0.0531 e. The first-order valence-corrected chi connectivity index (χ1v) is 5.38. The molecule has 1 unspecified atom stereocenters. The molecule has 1 aliphatic rings. The van der Waals surface area contributed by atoms with Gasteiger partial charge in [-0.3, -0.25) is 0 Å². The minimum absolute atomic E-state index is 0.609. The van der Waals surface area contributed by atoms with Gasteiger partial charge in [0.2, 0.25) is 0 Å². The molecule has 0 saturated heterocycles. The summed E-state index contributed by atoms with van der Waals surface area (Å²) in [5.41, 5.74) is 2.96. The van der Waals surface area contributed by atoms with Crippen LogP contribution in [-0.4, -0.2) is 13.7 Å². The van der Waals surface area contributed by atoms with Crippen molar-refractivity contribution in [2.75, 3.05) is 13.7 Å². The molecule has 0 heterocycles. The normalized spacial score (nSPS) is 20.3. The predicted octanol–water partition coefficient (Wildman–Crippen LogP) is 3.13. The average Bonchev–Trinajstić information content (AvgIpc) is 2.49. The quantitative estimate of drug-likeness (QED) is 0.772. The molecule has 0 amide bonds. The number of hydrogen-bond donors (Lipinski definition) is 0. The van der Waals surface area contributed by atoms with Gasteiger partial charge in [-0.25, -0.2) is 0 Å². The van der Waals surface area contributed by atoms with Crippen LogP contribution in [0.5, 0.6) is 0 Å². The van der Waals surface area contributed by atoms with Gasteiger partial charge in [-0.05, 0) is 36.1 Å². The van der Waals surface area contributed by atoms with Gasteiger partial charge in [-0.1, -0.05) is 22.0 Å². The number of methoxy groups -OCH3 is 1. The third kappa shape index (κ3) is 1.79. The second-order valence-electron chi connectivity index (χ2n) is 3.53. The summed E-state index contributed by atoms with van der Waals surface area (Å²) in [6, 6.07) is 6.56. The van der Waals surface area contributed by atoms with E-state index < -0.39 is 0 Å². The fraction of sp³-hybridized carbons (Fsp3) is 0.455. The molecule has 1 nitrogen and oxygen atoms in total. The van der Waals surface area contributed by atoms with E-state index >= 15 is 0 Å². The third-order valence-corrected chi connectivity index (χ3v) is 3.17. The first-order valence-electron chi connectivity index (χ1n) is 4.58. The van der Waals surface area contributed by atoms with Crippen LogP contribution in [0.4, 0.5) is 0 Å². The Morgan fingerprint density at radius 2 is 2.38 bits per heavy atom. The summed E-state index contributed by atoms with van der Waals surface area (Å²) < 4.78 is 6.38. The molecule has 0 aromatic heterocycles. The van der Waals surface area contributed by atoms with E-state index in [0.29, 0.717) is 5.92 Å². The van der Waals surface area contributed by atoms with Gasteiger partial charge in [0.05, 0.1) is 6.61 Å². The molecule has 1 atom stereocenters. The number of rotatable bonds is 2. The van der Waals surface area contributed by atoms with E-state index in [2.05, 4.69) is 34.1 Å². The van der Waals surface area contributed by atoms with Crippen LogP contribution >= 0.6 is 15.9 Å². The lowest BCUT2D eigenvalue weighted by Crippen LogP contribution is -2.01. The van der Waals surface area contributed by atoms with Crippen LogP contribution in [0.2, 0.25) is 0 Å². The van der Waals surface area contributed by atoms with Crippen molar-refractivity contribution in [2.45, 2.75) is 18.8 Å². The molecule has 2 rings (SSSR count). The van der Waals surface area contributed by atoms with E-state index in [0.717, 1.165) is 6.61 Å². The van der Waals surface area contributed by atoms with Crippen molar-refractivity contribution in [2.24, 2.45) is 0 Å². The summed E-state index contributed by atoms with van der Waals surface area (Å²) in [4.78, 5) is 0. The van der Waals surface area contributed by atoms with E-state index in [1.54, 1.807) is 7.11 Å². The van der Waals surface area contributed by atoms with Crippen molar-refractivity contribution in [1.82, 2.24) is 0 Å². The highest BCUT2D eigenvalue weighted by Gasteiger charge is 2.21. The molecule has 2 heteroatoms. The number of aryl methyl sites for hydroxylation is 1. The van der Waals surface area contributed by atoms with Gasteiger partial charge in [-0.15, -0.1) is 0 Å². The van der Waals surface area contributed by atoms with Crippen molar-refractivity contribution < 1.29 is 4.74 Å². The zero-order valence-electron chi connectivity index (χ0n) is 7.72. The van der Waals surface area contributed by atoms with Crippen molar-refractivity contribution in [3.05, 3.63) is 33.8 Å². The zero-order valence-corrected chi connectivity index (χ0v) is 9.30. The van der Waals surface area contributed by atoms with Gasteiger partial charge in [0.25, 0.3) is 0 Å². The maximum absolute atomic E-state index is 5.21. The molecule has 0 fully saturated rings. The summed E-state index contributed by atoms with van der Waals surface area (Å²) in [6.45, 7) is 0.851. The summed E-state index contributed by atoms with van der Waals surface area (Å²) in [6.07, 6.45) is 2.44. The maximum Gasteiger partial charge on any atom is 0.0531 e. The van der Waals surface area contributed by atoms with Crippen molar-refractivity contribution in [1.29, 1.82) is 0 Å². The molecular formula is C11H13BrO. The van der Waals surface area contributed by atoms with Crippen LogP contribution in [0.3, 0.4) is 0 Å². The van der Waals surface area contributed by atoms with Crippen LogP contribution in [0.15, 0.2) is 22.7 Å². The van der Waals surface area contributed by atoms with E-state index in [-0.39, 0.29) is 0 Å². The number of ether oxygens (including phenoxy) is 1. The Bertz CT molecular complexity index is 307. The number of fused-ring (bicyclic) bond motifs is 1. The molecule has 0 saturated carbocycles. The topological polar surface area (TPSA) is 9.23 Å². The van der Waals surface area contributed by atoms with Gasteiger partial charge >= 0.3 is 0 Å². The fourth-order valence-corrected chi connectivity index (χ4v) is 2.41. The lowest BCUT2D eigenvalue weighted by atomic mass is 10.0. The van der Waals surface area contributed by atoms with Crippen molar-refractivity contribution >= 4 is 15.9 Å². The Balaban J connectivity index is 2.29. The van der Waals surface area contributed by atoms with Gasteiger partial charge in [-0.2, -0.15) is 0 Å². The number of halogens is 1. The van der Waals surface area contributed by atoms with E-state index in [9.17, 15) is 0 Å². The fourth-order valence-electron chi connectivity index (χ4n) is 2.03. The van der Waals surface area contributed by atoms with E-state index in [4.69, 9.17) is 4.74 Å². The Morgan fingerprint density at radius 3 is 3.15 bits per heavy atom. The van der Waals surface area contributed by atoms with Crippen molar-refractivity contribution in [3.8, 4) is 0 Å². The van der Waals surface area contributed by atoms with Gasteiger partial charge < -0.3 is 4.74 Å². The van der Waals surface area contributed by atoms with E-state index in [1.807, 2.05) is 0 Å². The van der Waals surface area contributed by atoms with Gasteiger partial charge in [0.1, 0.15) is 0 Å². The number of hydrogen-bond acceptors (Lipinski definition) is 1. The van der Waals surface area contributed by atoms with Crippen LogP contribution in [-0.2, 0) is 11.2 Å². The molecule has 0 N–H and O–H groups in total. The van der Waals surface area contributed by atoms with Crippen molar-refractivity contribution in [3.63, 3.8) is 0 Å². The highest BCUT2D eigenvalue weighted by Crippen LogP contribution is 2.34. The average molecular weight is 241 g/mol. The molecule has 1 aromatic rings. The zero-order chi connectivity index (χ0) is 9.26. The first kappa shape index (κ1) is 9.22. The Hall–Kier alpha value is -0.340. The standard InChI is InChI=1S/C11H13BrO/c1-13-7-9-3-2-8-4-5-10(12)6-11(8)9/h4-6,9H,2-3,7H2,1H3. The molecule has 1 aliphatic carbocycles. The van der Waals surface area contributed by atoms with E-state index in [1.165, 1.54) is 28.4 Å². The Kier molecular flexibility index (Phi) is 2.70. The lowest BCUT2D eigenvalue weighted by Gasteiger charge is -2.09. The predicted molar refractivity (Wildman–Crippen MR) is 57.1 cm³/mol. The summed E-state index contributed by atoms with van der Waals surface area (Å²) in [5.74, 6) is 0.609. The molecule has 13 heavy (non-hydrogen) atoms. The summed E-state index contributed by atoms with van der Waals surface area (Å²) in [5, 5.41) is 0. The Morgan fingerprint density at radius 1 is 1.54 bits per heavy atom. The SMILES string of the molecule is COCC1CCc2ccc(Br)cc21. The van der Waals surface area contributed by atoms with Crippen LogP contribution < -0.4 is 0 Å². The molecule has 0 radical (unpaired) electrons.